The molecule has 2 heterocycles. The maximum atomic E-state index is 14.2. The molecular formula is C30H42N2O4S. The lowest BCUT2D eigenvalue weighted by atomic mass is 9.71. The largest absolute Gasteiger partial charge is 0.477 e. The van der Waals surface area contributed by atoms with Crippen LogP contribution in [-0.2, 0) is 9.59 Å². The predicted molar refractivity (Wildman–Crippen MR) is 148 cm³/mol. The third-order valence-electron chi connectivity index (χ3n) is 9.54. The first-order chi connectivity index (χ1) is 17.8. The van der Waals surface area contributed by atoms with Crippen molar-refractivity contribution >= 4 is 40.4 Å². The molecule has 1 N–H and O–H groups in total. The number of rotatable bonds is 6. The number of likely N-dealkylation sites (tertiary alicyclic amines) is 1. The van der Waals surface area contributed by atoms with Gasteiger partial charge in [0.1, 0.15) is 4.88 Å². The van der Waals surface area contributed by atoms with Crippen LogP contribution in [0.5, 0.6) is 0 Å². The number of hydrogen-bond acceptors (Lipinski definition) is 4. The fourth-order valence-electron chi connectivity index (χ4n) is 7.21. The van der Waals surface area contributed by atoms with E-state index in [0.717, 1.165) is 88.6 Å². The normalized spacial score (nSPS) is 30.4. The highest BCUT2D eigenvalue weighted by Gasteiger charge is 2.47. The van der Waals surface area contributed by atoms with Crippen molar-refractivity contribution in [1.82, 2.24) is 4.90 Å². The Kier molecular flexibility index (Phi) is 7.80. The monoisotopic (exact) mass is 526 g/mol. The number of thiophene rings is 1. The van der Waals surface area contributed by atoms with E-state index in [1.807, 2.05) is 22.8 Å². The summed E-state index contributed by atoms with van der Waals surface area (Å²) in [4.78, 5) is 44.4. The van der Waals surface area contributed by atoms with Gasteiger partial charge in [-0.05, 0) is 107 Å². The van der Waals surface area contributed by atoms with Crippen LogP contribution >= 0.6 is 11.3 Å². The first-order valence-corrected chi connectivity index (χ1v) is 15.3. The lowest BCUT2D eigenvalue weighted by Gasteiger charge is -2.42. The second-order valence-electron chi connectivity index (χ2n) is 12.1. The SMILES string of the molecule is CCN1CC2(CCC(N(C(=O)C3CCC(C)CC3)c3cc(C4=CCCCC4)sc3C(=O)O)CC2)CC1=O. The molecule has 5 rings (SSSR count). The average Bonchev–Trinajstić information content (AvgIpc) is 3.48. The first-order valence-electron chi connectivity index (χ1n) is 14.5. The molecule has 7 heteroatoms. The molecule has 1 aromatic heterocycles. The van der Waals surface area contributed by atoms with Gasteiger partial charge >= 0.3 is 5.97 Å². The Morgan fingerprint density at radius 1 is 1.14 bits per heavy atom. The Hall–Kier alpha value is -2.15. The number of anilines is 1. The van der Waals surface area contributed by atoms with Crippen molar-refractivity contribution in [1.29, 1.82) is 0 Å². The van der Waals surface area contributed by atoms with Crippen LogP contribution in [-0.4, -0.2) is 46.9 Å². The minimum atomic E-state index is -0.940. The summed E-state index contributed by atoms with van der Waals surface area (Å²) < 4.78 is 0. The molecule has 202 valence electrons. The minimum Gasteiger partial charge on any atom is -0.477 e. The van der Waals surface area contributed by atoms with Crippen molar-refractivity contribution in [2.24, 2.45) is 17.3 Å². The zero-order valence-corrected chi connectivity index (χ0v) is 23.3. The lowest BCUT2D eigenvalue weighted by Crippen LogP contribution is -2.48. The van der Waals surface area contributed by atoms with Crippen LogP contribution in [0.1, 0.15) is 112 Å². The number of aromatic carboxylic acids is 1. The van der Waals surface area contributed by atoms with Gasteiger partial charge < -0.3 is 14.9 Å². The summed E-state index contributed by atoms with van der Waals surface area (Å²) >= 11 is 1.34. The summed E-state index contributed by atoms with van der Waals surface area (Å²) in [5, 5.41) is 10.2. The molecule has 1 saturated heterocycles. The van der Waals surface area contributed by atoms with E-state index < -0.39 is 5.97 Å². The first kappa shape index (κ1) is 26.5. The fourth-order valence-corrected chi connectivity index (χ4v) is 8.27. The lowest BCUT2D eigenvalue weighted by molar-refractivity contribution is -0.128. The third kappa shape index (κ3) is 5.39. The number of nitrogens with zero attached hydrogens (tertiary/aromatic N) is 2. The molecule has 6 nitrogen and oxygen atoms in total. The topological polar surface area (TPSA) is 77.9 Å². The van der Waals surface area contributed by atoms with Gasteiger partial charge in [-0.3, -0.25) is 9.59 Å². The summed E-state index contributed by atoms with van der Waals surface area (Å²) in [6.45, 7) is 5.87. The van der Waals surface area contributed by atoms with E-state index >= 15 is 0 Å². The van der Waals surface area contributed by atoms with Crippen molar-refractivity contribution in [3.63, 3.8) is 0 Å². The molecule has 0 bridgehead atoms. The number of carboxylic acid groups (broad SMARTS) is 1. The van der Waals surface area contributed by atoms with Crippen LogP contribution in [0.15, 0.2) is 12.1 Å². The number of carbonyl (C=O) groups excluding carboxylic acids is 2. The highest BCUT2D eigenvalue weighted by atomic mass is 32.1. The van der Waals surface area contributed by atoms with Gasteiger partial charge in [-0.15, -0.1) is 11.3 Å². The molecule has 3 aliphatic carbocycles. The summed E-state index contributed by atoms with van der Waals surface area (Å²) in [6.07, 6.45) is 14.5. The van der Waals surface area contributed by atoms with Crippen molar-refractivity contribution in [3.8, 4) is 0 Å². The van der Waals surface area contributed by atoms with Crippen molar-refractivity contribution in [3.05, 3.63) is 21.9 Å². The van der Waals surface area contributed by atoms with Gasteiger partial charge in [0.2, 0.25) is 11.8 Å². The molecule has 3 fully saturated rings. The maximum Gasteiger partial charge on any atom is 0.348 e. The quantitative estimate of drug-likeness (QED) is 0.445. The Morgan fingerprint density at radius 3 is 2.46 bits per heavy atom. The fraction of sp³-hybridized carbons (Fsp3) is 0.700. The molecule has 1 spiro atoms. The molecule has 1 aromatic rings. The van der Waals surface area contributed by atoms with Gasteiger partial charge in [0.15, 0.2) is 0 Å². The second-order valence-corrected chi connectivity index (χ2v) is 13.1. The van der Waals surface area contributed by atoms with E-state index in [0.29, 0.717) is 22.9 Å². The van der Waals surface area contributed by atoms with Crippen LogP contribution < -0.4 is 4.90 Å². The molecule has 1 aliphatic heterocycles. The average molecular weight is 527 g/mol. The van der Waals surface area contributed by atoms with E-state index in [9.17, 15) is 19.5 Å². The number of allylic oxidation sites excluding steroid dienone is 2. The Morgan fingerprint density at radius 2 is 1.86 bits per heavy atom. The molecular weight excluding hydrogens is 484 g/mol. The predicted octanol–water partition coefficient (Wildman–Crippen LogP) is 6.74. The maximum absolute atomic E-state index is 14.2. The second kappa shape index (κ2) is 10.9. The van der Waals surface area contributed by atoms with Crippen molar-refractivity contribution < 1.29 is 19.5 Å². The molecule has 0 radical (unpaired) electrons. The molecule has 2 amide bonds. The van der Waals surface area contributed by atoms with Gasteiger partial charge in [0, 0.05) is 36.3 Å². The summed E-state index contributed by atoms with van der Waals surface area (Å²) in [5.41, 5.74) is 1.86. The Bertz CT molecular complexity index is 1060. The van der Waals surface area contributed by atoms with Crippen LogP contribution in [0.3, 0.4) is 0 Å². The van der Waals surface area contributed by atoms with Crippen LogP contribution in [0, 0.1) is 17.3 Å². The zero-order chi connectivity index (χ0) is 26.2. The highest BCUT2D eigenvalue weighted by Crippen LogP contribution is 2.48. The van der Waals surface area contributed by atoms with E-state index in [-0.39, 0.29) is 29.2 Å². The molecule has 37 heavy (non-hydrogen) atoms. The Labute approximate surface area is 225 Å². The number of carbonyl (C=O) groups is 3. The summed E-state index contributed by atoms with van der Waals surface area (Å²) in [7, 11) is 0. The van der Waals surface area contributed by atoms with Crippen LogP contribution in [0.2, 0.25) is 0 Å². The van der Waals surface area contributed by atoms with E-state index in [1.54, 1.807) is 0 Å². The molecule has 0 atom stereocenters. The van der Waals surface area contributed by atoms with Gasteiger partial charge in [-0.1, -0.05) is 13.0 Å². The van der Waals surface area contributed by atoms with Gasteiger partial charge in [-0.2, -0.15) is 0 Å². The zero-order valence-electron chi connectivity index (χ0n) is 22.5. The van der Waals surface area contributed by atoms with Crippen LogP contribution in [0.25, 0.3) is 5.57 Å². The van der Waals surface area contributed by atoms with E-state index in [1.165, 1.54) is 23.3 Å². The molecule has 0 aromatic carbocycles. The number of carboxylic acids is 1. The van der Waals surface area contributed by atoms with Gasteiger partial charge in [0.05, 0.1) is 5.69 Å². The van der Waals surface area contributed by atoms with E-state index in [2.05, 4.69) is 13.0 Å². The van der Waals surface area contributed by atoms with E-state index in [4.69, 9.17) is 0 Å². The molecule has 0 unspecified atom stereocenters. The smallest absolute Gasteiger partial charge is 0.348 e. The van der Waals surface area contributed by atoms with Crippen molar-refractivity contribution in [2.45, 2.75) is 103 Å². The summed E-state index contributed by atoms with van der Waals surface area (Å²) in [5.74, 6) is 0.0465. The van der Waals surface area contributed by atoms with Crippen LogP contribution in [0.4, 0.5) is 5.69 Å². The molecule has 4 aliphatic rings. The van der Waals surface area contributed by atoms with Gasteiger partial charge in [0.25, 0.3) is 0 Å². The molecule has 2 saturated carbocycles. The van der Waals surface area contributed by atoms with Crippen molar-refractivity contribution in [2.75, 3.05) is 18.0 Å². The third-order valence-corrected chi connectivity index (χ3v) is 10.7. The minimum absolute atomic E-state index is 0.0101. The number of hydrogen-bond donors (Lipinski definition) is 1. The highest BCUT2D eigenvalue weighted by molar-refractivity contribution is 7.15. The Balaban J connectivity index is 1.45. The van der Waals surface area contributed by atoms with Gasteiger partial charge in [-0.25, -0.2) is 4.79 Å². The number of amides is 2. The standard InChI is InChI=1S/C30H42N2O4S/c1-3-31-19-30(18-26(31)33)15-13-23(14-16-30)32(28(34)22-11-9-20(2)10-12-22)24-17-25(37-27(24)29(35)36)21-7-5-4-6-8-21/h7,17,20,22-23H,3-6,8-16,18-19H2,1-2H3,(H,35,36). The summed E-state index contributed by atoms with van der Waals surface area (Å²) in [6, 6.07) is 2.00.